The SMILES string of the molecule is CCOC(=O)C1CN(c2ccccc2)C(=O)C1=O. The molecule has 1 amide bonds. The molecule has 18 heavy (non-hydrogen) atoms. The number of amides is 1. The molecule has 0 aromatic heterocycles. The van der Waals surface area contributed by atoms with Crippen LogP contribution in [0.4, 0.5) is 5.69 Å². The van der Waals surface area contributed by atoms with E-state index in [9.17, 15) is 14.4 Å². The van der Waals surface area contributed by atoms with Crippen molar-refractivity contribution in [2.24, 2.45) is 5.92 Å². The van der Waals surface area contributed by atoms with Crippen LogP contribution in [0.5, 0.6) is 0 Å². The molecule has 1 aromatic rings. The lowest BCUT2D eigenvalue weighted by Crippen LogP contribution is -2.26. The minimum absolute atomic E-state index is 0.0561. The van der Waals surface area contributed by atoms with Crippen molar-refractivity contribution < 1.29 is 19.1 Å². The van der Waals surface area contributed by atoms with Crippen molar-refractivity contribution in [1.82, 2.24) is 0 Å². The van der Waals surface area contributed by atoms with Crippen LogP contribution in [0.25, 0.3) is 0 Å². The molecule has 1 aromatic carbocycles. The molecule has 0 aliphatic carbocycles. The molecule has 94 valence electrons. The van der Waals surface area contributed by atoms with E-state index in [2.05, 4.69) is 0 Å². The average molecular weight is 247 g/mol. The number of ketones is 1. The van der Waals surface area contributed by atoms with Gasteiger partial charge >= 0.3 is 5.97 Å². The fourth-order valence-electron chi connectivity index (χ4n) is 1.89. The third-order valence-electron chi connectivity index (χ3n) is 2.78. The third-order valence-corrected chi connectivity index (χ3v) is 2.78. The zero-order valence-electron chi connectivity index (χ0n) is 9.96. The molecule has 1 fully saturated rings. The number of hydrogen-bond donors (Lipinski definition) is 0. The van der Waals surface area contributed by atoms with Crippen molar-refractivity contribution in [2.45, 2.75) is 6.92 Å². The van der Waals surface area contributed by atoms with Gasteiger partial charge < -0.3 is 9.64 Å². The van der Waals surface area contributed by atoms with E-state index in [1.807, 2.05) is 6.07 Å². The summed E-state index contributed by atoms with van der Waals surface area (Å²) in [6.45, 7) is 1.91. The zero-order chi connectivity index (χ0) is 13.1. The van der Waals surface area contributed by atoms with Crippen LogP contribution in [0, 0.1) is 5.92 Å². The number of benzene rings is 1. The number of hydrogen-bond acceptors (Lipinski definition) is 4. The molecular formula is C13H13NO4. The minimum atomic E-state index is -1.00. The molecule has 0 radical (unpaired) electrons. The Morgan fingerprint density at radius 1 is 1.33 bits per heavy atom. The fraction of sp³-hybridized carbons (Fsp3) is 0.308. The summed E-state index contributed by atoms with van der Waals surface area (Å²) in [5.74, 6) is -2.98. The zero-order valence-corrected chi connectivity index (χ0v) is 9.96. The van der Waals surface area contributed by atoms with Gasteiger partial charge in [0.15, 0.2) is 0 Å². The Kier molecular flexibility index (Phi) is 3.41. The Hall–Kier alpha value is -2.17. The Morgan fingerprint density at radius 3 is 2.61 bits per heavy atom. The second kappa shape index (κ2) is 5.00. The summed E-state index contributed by atoms with van der Waals surface area (Å²) in [5.41, 5.74) is 0.614. The Balaban J connectivity index is 2.20. The van der Waals surface area contributed by atoms with Gasteiger partial charge in [-0.15, -0.1) is 0 Å². The smallest absolute Gasteiger partial charge is 0.318 e. The minimum Gasteiger partial charge on any atom is -0.465 e. The van der Waals surface area contributed by atoms with Crippen molar-refractivity contribution in [3.05, 3.63) is 30.3 Å². The first-order chi connectivity index (χ1) is 8.65. The standard InChI is InChI=1S/C13H13NO4/c1-2-18-13(17)10-8-14(12(16)11(10)15)9-6-4-3-5-7-9/h3-7,10H,2,8H2,1H3. The van der Waals surface area contributed by atoms with Gasteiger partial charge in [0.1, 0.15) is 5.92 Å². The summed E-state index contributed by atoms with van der Waals surface area (Å²) in [5, 5.41) is 0. The number of Topliss-reactive ketones (excluding diaryl/α,β-unsaturated/α-hetero) is 1. The van der Waals surface area contributed by atoms with E-state index in [1.54, 1.807) is 31.2 Å². The maximum absolute atomic E-state index is 11.8. The molecular weight excluding hydrogens is 234 g/mol. The van der Waals surface area contributed by atoms with Gasteiger partial charge in [0, 0.05) is 12.2 Å². The first kappa shape index (κ1) is 12.3. The number of para-hydroxylation sites is 1. The van der Waals surface area contributed by atoms with Crippen LogP contribution >= 0.6 is 0 Å². The summed E-state index contributed by atoms with van der Waals surface area (Å²) >= 11 is 0. The fourth-order valence-corrected chi connectivity index (χ4v) is 1.89. The Labute approximate surface area is 104 Å². The van der Waals surface area contributed by atoms with Crippen molar-refractivity contribution in [3.8, 4) is 0 Å². The van der Waals surface area contributed by atoms with Crippen LogP contribution in [0.3, 0.4) is 0 Å². The summed E-state index contributed by atoms with van der Waals surface area (Å²) in [6.07, 6.45) is 0. The van der Waals surface area contributed by atoms with Crippen molar-refractivity contribution in [2.75, 3.05) is 18.1 Å². The number of nitrogens with zero attached hydrogens (tertiary/aromatic N) is 1. The largest absolute Gasteiger partial charge is 0.465 e. The average Bonchev–Trinajstić information content (AvgIpc) is 2.68. The van der Waals surface area contributed by atoms with Crippen LogP contribution < -0.4 is 4.90 Å². The summed E-state index contributed by atoms with van der Waals surface area (Å²) in [6, 6.07) is 8.79. The van der Waals surface area contributed by atoms with Gasteiger partial charge in [-0.1, -0.05) is 18.2 Å². The first-order valence-corrected chi connectivity index (χ1v) is 5.72. The van der Waals surface area contributed by atoms with Crippen molar-refractivity contribution in [3.63, 3.8) is 0 Å². The second-order valence-electron chi connectivity index (χ2n) is 3.92. The lowest BCUT2D eigenvalue weighted by atomic mass is 10.1. The number of carbonyl (C=O) groups excluding carboxylic acids is 3. The van der Waals surface area contributed by atoms with E-state index < -0.39 is 23.6 Å². The van der Waals surface area contributed by atoms with E-state index in [4.69, 9.17) is 4.74 Å². The maximum Gasteiger partial charge on any atom is 0.318 e. The quantitative estimate of drug-likeness (QED) is 0.450. The number of anilines is 1. The third kappa shape index (κ3) is 2.11. The monoisotopic (exact) mass is 247 g/mol. The topological polar surface area (TPSA) is 63.7 Å². The van der Waals surface area contributed by atoms with Gasteiger partial charge in [-0.2, -0.15) is 0 Å². The van der Waals surface area contributed by atoms with Crippen LogP contribution in [0.15, 0.2) is 30.3 Å². The molecule has 0 spiro atoms. The lowest BCUT2D eigenvalue weighted by Gasteiger charge is -2.14. The van der Waals surface area contributed by atoms with Crippen molar-refractivity contribution >= 4 is 23.3 Å². The van der Waals surface area contributed by atoms with Gasteiger partial charge in [0.2, 0.25) is 5.78 Å². The van der Waals surface area contributed by atoms with Crippen molar-refractivity contribution in [1.29, 1.82) is 0 Å². The van der Waals surface area contributed by atoms with Gasteiger partial charge in [0.05, 0.1) is 6.61 Å². The lowest BCUT2D eigenvalue weighted by molar-refractivity contribution is -0.151. The maximum atomic E-state index is 11.8. The van der Waals surface area contributed by atoms with Gasteiger partial charge in [-0.05, 0) is 19.1 Å². The van der Waals surface area contributed by atoms with E-state index >= 15 is 0 Å². The number of rotatable bonds is 3. The summed E-state index contributed by atoms with van der Waals surface area (Å²) in [4.78, 5) is 36.4. The molecule has 0 bridgehead atoms. The molecule has 1 unspecified atom stereocenters. The number of carbonyl (C=O) groups is 3. The highest BCUT2D eigenvalue weighted by Crippen LogP contribution is 2.23. The molecule has 5 heteroatoms. The van der Waals surface area contributed by atoms with Crippen LogP contribution in [-0.4, -0.2) is 30.8 Å². The van der Waals surface area contributed by atoms with E-state index in [1.165, 1.54) is 4.90 Å². The molecule has 1 aliphatic rings. The molecule has 0 N–H and O–H groups in total. The predicted molar refractivity (Wildman–Crippen MR) is 63.9 cm³/mol. The summed E-state index contributed by atoms with van der Waals surface area (Å²) in [7, 11) is 0. The summed E-state index contributed by atoms with van der Waals surface area (Å²) < 4.78 is 4.79. The number of esters is 1. The Morgan fingerprint density at radius 2 is 2.00 bits per heavy atom. The van der Waals surface area contributed by atoms with Crippen LogP contribution in [-0.2, 0) is 19.1 Å². The molecule has 0 saturated carbocycles. The van der Waals surface area contributed by atoms with E-state index in [-0.39, 0.29) is 13.2 Å². The van der Waals surface area contributed by atoms with E-state index in [0.717, 1.165) is 0 Å². The first-order valence-electron chi connectivity index (χ1n) is 5.72. The highest BCUT2D eigenvalue weighted by atomic mass is 16.5. The predicted octanol–water partition coefficient (Wildman–Crippen LogP) is 0.782. The van der Waals surface area contributed by atoms with Crippen LogP contribution in [0.1, 0.15) is 6.92 Å². The van der Waals surface area contributed by atoms with Crippen LogP contribution in [0.2, 0.25) is 0 Å². The Bertz CT molecular complexity index is 483. The highest BCUT2D eigenvalue weighted by Gasteiger charge is 2.44. The number of ether oxygens (including phenoxy) is 1. The normalized spacial score (nSPS) is 19.2. The molecule has 1 heterocycles. The highest BCUT2D eigenvalue weighted by molar-refractivity contribution is 6.47. The molecule has 5 nitrogen and oxygen atoms in total. The van der Waals surface area contributed by atoms with E-state index in [0.29, 0.717) is 5.69 Å². The van der Waals surface area contributed by atoms with Gasteiger partial charge in [0.25, 0.3) is 5.91 Å². The van der Waals surface area contributed by atoms with Gasteiger partial charge in [-0.25, -0.2) is 0 Å². The molecule has 1 aliphatic heterocycles. The molecule has 1 saturated heterocycles. The molecule has 2 rings (SSSR count). The van der Waals surface area contributed by atoms with Gasteiger partial charge in [-0.3, -0.25) is 14.4 Å². The molecule has 1 atom stereocenters. The second-order valence-corrected chi connectivity index (χ2v) is 3.92.